The van der Waals surface area contributed by atoms with Gasteiger partial charge in [-0.25, -0.2) is 0 Å². The third-order valence-electron chi connectivity index (χ3n) is 1.53. The number of carbonyl (C=O) groups excluding carboxylic acids is 2. The van der Waals surface area contributed by atoms with Gasteiger partial charge in [0.15, 0.2) is 0 Å². The summed E-state index contributed by atoms with van der Waals surface area (Å²) in [4.78, 5) is 22.6. The molecule has 2 amide bonds. The van der Waals surface area contributed by atoms with E-state index in [1.807, 2.05) is 30.3 Å². The molecule has 0 unspecified atom stereocenters. The molecular weight excluding hydrogens is 192 g/mol. The van der Waals surface area contributed by atoms with Crippen LogP contribution >= 0.6 is 0 Å². The molecule has 0 aliphatic heterocycles. The van der Waals surface area contributed by atoms with Crippen LogP contribution in [0.25, 0.3) is 0 Å². The molecule has 82 valence electrons. The molecular formula is C11H16N2O2. The Morgan fingerprint density at radius 2 is 1.40 bits per heavy atom. The van der Waals surface area contributed by atoms with Gasteiger partial charge in [0, 0.05) is 26.8 Å². The predicted octanol–water partition coefficient (Wildman–Crippen LogP) is 0.984. The molecule has 15 heavy (non-hydrogen) atoms. The summed E-state index contributed by atoms with van der Waals surface area (Å²) < 4.78 is 0. The van der Waals surface area contributed by atoms with Gasteiger partial charge in [-0.1, -0.05) is 18.2 Å². The third kappa shape index (κ3) is 6.26. The minimum absolute atomic E-state index is 0.750. The maximum absolute atomic E-state index is 10.2. The molecule has 0 aliphatic rings. The average molecular weight is 208 g/mol. The number of benzene rings is 1. The van der Waals surface area contributed by atoms with Crippen molar-refractivity contribution in [1.82, 2.24) is 4.90 Å². The Bertz CT molecular complexity index is 286. The summed E-state index contributed by atoms with van der Waals surface area (Å²) in [5, 5.41) is 0. The van der Waals surface area contributed by atoms with Crippen LogP contribution in [0.15, 0.2) is 30.3 Å². The van der Waals surface area contributed by atoms with Crippen molar-refractivity contribution in [3.63, 3.8) is 0 Å². The molecule has 0 fully saturated rings. The lowest BCUT2D eigenvalue weighted by molar-refractivity contribution is -0.116. The van der Waals surface area contributed by atoms with Crippen molar-refractivity contribution >= 4 is 18.5 Å². The zero-order chi connectivity index (χ0) is 11.7. The first-order valence-electron chi connectivity index (χ1n) is 4.46. The van der Waals surface area contributed by atoms with Crippen LogP contribution in [-0.4, -0.2) is 38.9 Å². The molecule has 0 saturated heterocycles. The lowest BCUT2D eigenvalue weighted by atomic mass is 10.3. The van der Waals surface area contributed by atoms with E-state index in [1.165, 1.54) is 9.80 Å². The Morgan fingerprint density at radius 3 is 1.73 bits per heavy atom. The van der Waals surface area contributed by atoms with Gasteiger partial charge in [-0.2, -0.15) is 0 Å². The highest BCUT2D eigenvalue weighted by atomic mass is 16.1. The van der Waals surface area contributed by atoms with Crippen molar-refractivity contribution in [3.05, 3.63) is 30.3 Å². The zero-order valence-corrected chi connectivity index (χ0v) is 9.25. The standard InChI is InChI=1S/C8H9NO.C3H7NO/c1-9(7-10)8-5-3-2-4-6-8;1-4(2)3-5/h2-7H,1H3;3H,1-2H3. The largest absolute Gasteiger partial charge is 0.351 e. The topological polar surface area (TPSA) is 40.6 Å². The number of para-hydroxylation sites is 1. The fraction of sp³-hybridized carbons (Fsp3) is 0.273. The van der Waals surface area contributed by atoms with Gasteiger partial charge < -0.3 is 9.80 Å². The van der Waals surface area contributed by atoms with Crippen LogP contribution in [0.2, 0.25) is 0 Å². The molecule has 0 aliphatic carbocycles. The van der Waals surface area contributed by atoms with Crippen LogP contribution in [0.4, 0.5) is 5.69 Å². The van der Waals surface area contributed by atoms with Crippen LogP contribution in [0.5, 0.6) is 0 Å². The Balaban J connectivity index is 0.000000336. The molecule has 4 nitrogen and oxygen atoms in total. The van der Waals surface area contributed by atoms with Crippen molar-refractivity contribution in [2.24, 2.45) is 0 Å². The number of amides is 2. The molecule has 0 bridgehead atoms. The second kappa shape index (κ2) is 7.55. The van der Waals surface area contributed by atoms with Gasteiger partial charge in [-0.3, -0.25) is 9.59 Å². The zero-order valence-electron chi connectivity index (χ0n) is 9.25. The van der Waals surface area contributed by atoms with E-state index < -0.39 is 0 Å². The van der Waals surface area contributed by atoms with Crippen LogP contribution in [-0.2, 0) is 9.59 Å². The molecule has 0 aromatic heterocycles. The first kappa shape index (κ1) is 13.2. The summed E-state index contributed by atoms with van der Waals surface area (Å²) in [6, 6.07) is 9.48. The van der Waals surface area contributed by atoms with Gasteiger partial charge in [0.2, 0.25) is 12.8 Å². The number of hydrogen-bond donors (Lipinski definition) is 0. The van der Waals surface area contributed by atoms with Gasteiger partial charge in [0.25, 0.3) is 0 Å². The van der Waals surface area contributed by atoms with Gasteiger partial charge in [-0.05, 0) is 12.1 Å². The average Bonchev–Trinajstić information content (AvgIpc) is 2.30. The normalized spacial score (nSPS) is 8.20. The maximum Gasteiger partial charge on any atom is 0.213 e. The maximum atomic E-state index is 10.2. The van der Waals surface area contributed by atoms with Crippen molar-refractivity contribution < 1.29 is 9.59 Å². The molecule has 4 heteroatoms. The summed E-state index contributed by atoms with van der Waals surface area (Å²) in [7, 11) is 5.10. The van der Waals surface area contributed by atoms with E-state index >= 15 is 0 Å². The van der Waals surface area contributed by atoms with Crippen LogP contribution in [0.1, 0.15) is 0 Å². The molecule has 0 heterocycles. The Hall–Kier alpha value is -1.84. The predicted molar refractivity (Wildman–Crippen MR) is 60.7 cm³/mol. The smallest absolute Gasteiger partial charge is 0.213 e. The molecule has 0 N–H and O–H groups in total. The first-order chi connectivity index (χ1) is 7.11. The minimum atomic E-state index is 0.750. The van der Waals surface area contributed by atoms with Gasteiger partial charge >= 0.3 is 0 Å². The fourth-order valence-electron chi connectivity index (χ4n) is 0.724. The highest BCUT2D eigenvalue weighted by Crippen LogP contribution is 2.07. The summed E-state index contributed by atoms with van der Waals surface area (Å²) in [5.41, 5.74) is 0.914. The minimum Gasteiger partial charge on any atom is -0.351 e. The lowest BCUT2D eigenvalue weighted by Crippen LogP contribution is -2.12. The van der Waals surface area contributed by atoms with Crippen molar-refractivity contribution in [2.45, 2.75) is 0 Å². The van der Waals surface area contributed by atoms with Gasteiger partial charge in [0.05, 0.1) is 0 Å². The third-order valence-corrected chi connectivity index (χ3v) is 1.53. The number of nitrogens with zero attached hydrogens (tertiary/aromatic N) is 2. The summed E-state index contributed by atoms with van der Waals surface area (Å²) in [6.07, 6.45) is 1.54. The Labute approximate surface area is 90.1 Å². The van der Waals surface area contributed by atoms with E-state index in [0.717, 1.165) is 18.5 Å². The van der Waals surface area contributed by atoms with Gasteiger partial charge in [-0.15, -0.1) is 0 Å². The van der Waals surface area contributed by atoms with E-state index in [4.69, 9.17) is 0 Å². The van der Waals surface area contributed by atoms with Gasteiger partial charge in [0.1, 0.15) is 0 Å². The van der Waals surface area contributed by atoms with E-state index in [9.17, 15) is 9.59 Å². The summed E-state index contributed by atoms with van der Waals surface area (Å²) in [5.74, 6) is 0. The van der Waals surface area contributed by atoms with Crippen molar-refractivity contribution in [1.29, 1.82) is 0 Å². The quantitative estimate of drug-likeness (QED) is 0.695. The number of anilines is 1. The van der Waals surface area contributed by atoms with E-state index in [0.29, 0.717) is 0 Å². The van der Waals surface area contributed by atoms with Crippen molar-refractivity contribution in [3.8, 4) is 0 Å². The number of rotatable bonds is 3. The fourth-order valence-corrected chi connectivity index (χ4v) is 0.724. The number of hydrogen-bond acceptors (Lipinski definition) is 2. The first-order valence-corrected chi connectivity index (χ1v) is 4.46. The highest BCUT2D eigenvalue weighted by Gasteiger charge is 1.93. The molecule has 1 aromatic rings. The monoisotopic (exact) mass is 208 g/mol. The summed E-state index contributed by atoms with van der Waals surface area (Å²) >= 11 is 0. The molecule has 1 aromatic carbocycles. The van der Waals surface area contributed by atoms with Crippen molar-refractivity contribution in [2.75, 3.05) is 26.0 Å². The van der Waals surface area contributed by atoms with E-state index in [1.54, 1.807) is 21.1 Å². The highest BCUT2D eigenvalue weighted by molar-refractivity contribution is 5.73. The molecule has 0 atom stereocenters. The molecule has 0 radical (unpaired) electrons. The number of carbonyl (C=O) groups is 2. The van der Waals surface area contributed by atoms with E-state index in [2.05, 4.69) is 0 Å². The van der Waals surface area contributed by atoms with Crippen LogP contribution < -0.4 is 4.90 Å². The molecule has 0 spiro atoms. The van der Waals surface area contributed by atoms with Crippen LogP contribution in [0.3, 0.4) is 0 Å². The van der Waals surface area contributed by atoms with Crippen LogP contribution in [0, 0.1) is 0 Å². The second-order valence-electron chi connectivity index (χ2n) is 3.12. The SMILES string of the molecule is CN(C)C=O.CN(C=O)c1ccccc1. The lowest BCUT2D eigenvalue weighted by Gasteiger charge is -2.08. The Kier molecular flexibility index (Phi) is 6.63. The summed E-state index contributed by atoms with van der Waals surface area (Å²) in [6.45, 7) is 0. The molecule has 1 rings (SSSR count). The molecule has 0 saturated carbocycles. The second-order valence-corrected chi connectivity index (χ2v) is 3.12. The van der Waals surface area contributed by atoms with E-state index in [-0.39, 0.29) is 0 Å². The Morgan fingerprint density at radius 1 is 0.933 bits per heavy atom.